The molecule has 1 saturated heterocycles. The van der Waals surface area contributed by atoms with Gasteiger partial charge in [0.2, 0.25) is 0 Å². The molecule has 8 nitrogen and oxygen atoms in total. The van der Waals surface area contributed by atoms with E-state index in [1.165, 1.54) is 5.69 Å². The van der Waals surface area contributed by atoms with E-state index < -0.39 is 0 Å². The zero-order valence-corrected chi connectivity index (χ0v) is 19.7. The van der Waals surface area contributed by atoms with Crippen molar-refractivity contribution in [2.24, 2.45) is 0 Å². The summed E-state index contributed by atoms with van der Waals surface area (Å²) < 4.78 is 0. The SMILES string of the molecule is CC1CN(C)CCN1c1ccc2[nH]c(-c3ccc4[nH]nc(-c5nc6ccccc6[nH]5)c4c3)nc2c1. The van der Waals surface area contributed by atoms with Gasteiger partial charge in [-0.3, -0.25) is 5.10 Å². The molecular weight excluding hydrogens is 436 g/mol. The van der Waals surface area contributed by atoms with Gasteiger partial charge in [-0.1, -0.05) is 12.1 Å². The third-order valence-electron chi connectivity index (χ3n) is 7.08. The highest BCUT2D eigenvalue weighted by molar-refractivity contribution is 5.95. The molecule has 1 aliphatic rings. The summed E-state index contributed by atoms with van der Waals surface area (Å²) in [5, 5.41) is 8.70. The first-order valence-electron chi connectivity index (χ1n) is 12.0. The first kappa shape index (κ1) is 20.2. The second-order valence-corrected chi connectivity index (χ2v) is 9.53. The average Bonchev–Trinajstić information content (AvgIpc) is 3.58. The molecule has 8 heteroatoms. The minimum absolute atomic E-state index is 0.477. The van der Waals surface area contributed by atoms with Gasteiger partial charge in [0.1, 0.15) is 11.5 Å². The molecule has 35 heavy (non-hydrogen) atoms. The minimum atomic E-state index is 0.477. The van der Waals surface area contributed by atoms with Crippen molar-refractivity contribution in [2.45, 2.75) is 13.0 Å². The van der Waals surface area contributed by atoms with Crippen LogP contribution in [0.5, 0.6) is 0 Å². The fourth-order valence-corrected chi connectivity index (χ4v) is 5.24. The highest BCUT2D eigenvalue weighted by atomic mass is 15.3. The number of piperazine rings is 1. The number of fused-ring (bicyclic) bond motifs is 3. The van der Waals surface area contributed by atoms with Gasteiger partial charge in [-0.2, -0.15) is 5.10 Å². The molecule has 7 rings (SSSR count). The summed E-state index contributed by atoms with van der Waals surface area (Å²) in [6, 6.07) is 21.3. The standard InChI is InChI=1S/C27H26N8/c1-16-15-34(2)11-12-35(16)18-8-10-23-24(14-18)31-26(28-23)17-7-9-20-19(13-17)25(33-32-20)27-29-21-5-3-4-6-22(21)30-27/h3-10,13-14,16H,11-12,15H2,1-2H3,(H,28,31)(H,29,30)(H,32,33). The number of anilines is 1. The molecular formula is C27H26N8. The molecule has 0 spiro atoms. The Bertz CT molecular complexity index is 1660. The second-order valence-electron chi connectivity index (χ2n) is 9.53. The molecule has 1 fully saturated rings. The maximum Gasteiger partial charge on any atom is 0.159 e. The number of rotatable bonds is 3. The average molecular weight is 463 g/mol. The number of hydrogen-bond acceptors (Lipinski definition) is 5. The lowest BCUT2D eigenvalue weighted by molar-refractivity contribution is 0.275. The molecule has 174 valence electrons. The van der Waals surface area contributed by atoms with Gasteiger partial charge in [0.25, 0.3) is 0 Å². The molecule has 4 heterocycles. The molecule has 1 atom stereocenters. The van der Waals surface area contributed by atoms with Crippen molar-refractivity contribution in [1.82, 2.24) is 35.0 Å². The van der Waals surface area contributed by atoms with Crippen LogP contribution in [0, 0.1) is 0 Å². The van der Waals surface area contributed by atoms with E-state index in [1.54, 1.807) is 0 Å². The summed E-state index contributed by atoms with van der Waals surface area (Å²) in [6.07, 6.45) is 0. The Morgan fingerprint density at radius 3 is 2.51 bits per heavy atom. The Labute approximate surface area is 202 Å². The lowest BCUT2D eigenvalue weighted by Crippen LogP contribution is -2.50. The Balaban J connectivity index is 1.27. The Morgan fingerprint density at radius 2 is 1.63 bits per heavy atom. The van der Waals surface area contributed by atoms with Gasteiger partial charge in [-0.15, -0.1) is 0 Å². The molecule has 0 radical (unpaired) electrons. The van der Waals surface area contributed by atoms with Crippen LogP contribution in [0.1, 0.15) is 6.92 Å². The van der Waals surface area contributed by atoms with Crippen molar-refractivity contribution in [2.75, 3.05) is 31.6 Å². The summed E-state index contributed by atoms with van der Waals surface area (Å²) in [4.78, 5) is 21.5. The normalized spacial score (nSPS) is 17.2. The van der Waals surface area contributed by atoms with Crippen LogP contribution in [0.2, 0.25) is 0 Å². The van der Waals surface area contributed by atoms with Crippen LogP contribution in [0.4, 0.5) is 5.69 Å². The number of hydrogen-bond donors (Lipinski definition) is 3. The topological polar surface area (TPSA) is 92.5 Å². The van der Waals surface area contributed by atoms with Crippen molar-refractivity contribution >= 4 is 38.7 Å². The number of imidazole rings is 2. The monoisotopic (exact) mass is 462 g/mol. The molecule has 3 N–H and O–H groups in total. The maximum absolute atomic E-state index is 4.96. The lowest BCUT2D eigenvalue weighted by Gasteiger charge is -2.39. The van der Waals surface area contributed by atoms with Gasteiger partial charge in [0, 0.05) is 42.3 Å². The predicted molar refractivity (Wildman–Crippen MR) is 141 cm³/mol. The summed E-state index contributed by atoms with van der Waals surface area (Å²) in [6.45, 7) is 5.46. The van der Waals surface area contributed by atoms with Crippen molar-refractivity contribution in [3.05, 3.63) is 60.7 Å². The molecule has 0 aliphatic carbocycles. The summed E-state index contributed by atoms with van der Waals surface area (Å²) >= 11 is 0. The predicted octanol–water partition coefficient (Wildman–Crippen LogP) is 4.79. The smallest absolute Gasteiger partial charge is 0.159 e. The Hall–Kier alpha value is -4.17. The van der Waals surface area contributed by atoms with Crippen molar-refractivity contribution in [3.8, 4) is 22.9 Å². The van der Waals surface area contributed by atoms with Crippen LogP contribution in [0.25, 0.3) is 55.9 Å². The number of para-hydroxylation sites is 2. The molecule has 1 aliphatic heterocycles. The van der Waals surface area contributed by atoms with Crippen LogP contribution in [0.3, 0.4) is 0 Å². The zero-order valence-electron chi connectivity index (χ0n) is 19.7. The highest BCUT2D eigenvalue weighted by Gasteiger charge is 2.22. The van der Waals surface area contributed by atoms with Gasteiger partial charge >= 0.3 is 0 Å². The van der Waals surface area contributed by atoms with E-state index in [0.29, 0.717) is 6.04 Å². The molecule has 1 unspecified atom stereocenters. The maximum atomic E-state index is 4.96. The van der Waals surface area contributed by atoms with E-state index in [2.05, 4.69) is 74.3 Å². The van der Waals surface area contributed by atoms with Gasteiger partial charge in [0.05, 0.1) is 27.6 Å². The molecule has 3 aromatic carbocycles. The largest absolute Gasteiger partial charge is 0.366 e. The van der Waals surface area contributed by atoms with Gasteiger partial charge in [-0.25, -0.2) is 9.97 Å². The van der Waals surface area contributed by atoms with Crippen molar-refractivity contribution in [1.29, 1.82) is 0 Å². The molecule has 3 aromatic heterocycles. The van der Waals surface area contributed by atoms with E-state index in [4.69, 9.17) is 9.97 Å². The number of nitrogens with one attached hydrogen (secondary N) is 3. The Morgan fingerprint density at radius 1 is 0.829 bits per heavy atom. The van der Waals surface area contributed by atoms with Gasteiger partial charge < -0.3 is 19.8 Å². The van der Waals surface area contributed by atoms with E-state index in [1.807, 2.05) is 30.3 Å². The van der Waals surface area contributed by atoms with E-state index in [9.17, 15) is 0 Å². The molecule has 0 saturated carbocycles. The minimum Gasteiger partial charge on any atom is -0.366 e. The fraction of sp³-hybridized carbons (Fsp3) is 0.222. The van der Waals surface area contributed by atoms with Crippen LogP contribution < -0.4 is 4.90 Å². The lowest BCUT2D eigenvalue weighted by atomic mass is 10.1. The number of likely N-dealkylation sites (N-methyl/N-ethyl adjacent to an activating group) is 1. The summed E-state index contributed by atoms with van der Waals surface area (Å²) in [5.74, 6) is 1.60. The van der Waals surface area contributed by atoms with Crippen LogP contribution in [-0.4, -0.2) is 67.8 Å². The first-order chi connectivity index (χ1) is 17.1. The second kappa shape index (κ2) is 7.68. The van der Waals surface area contributed by atoms with Gasteiger partial charge in [0.15, 0.2) is 5.82 Å². The van der Waals surface area contributed by atoms with Crippen LogP contribution in [0.15, 0.2) is 60.7 Å². The van der Waals surface area contributed by atoms with Crippen molar-refractivity contribution < 1.29 is 0 Å². The Kier molecular flexibility index (Phi) is 4.44. The number of benzene rings is 3. The third kappa shape index (κ3) is 3.37. The number of H-pyrrole nitrogens is 3. The molecule has 0 amide bonds. The molecule has 6 aromatic rings. The quantitative estimate of drug-likeness (QED) is 0.352. The van der Waals surface area contributed by atoms with Crippen molar-refractivity contribution in [3.63, 3.8) is 0 Å². The van der Waals surface area contributed by atoms with E-state index in [0.717, 1.165) is 75.5 Å². The van der Waals surface area contributed by atoms with Crippen LogP contribution >= 0.6 is 0 Å². The molecule has 0 bridgehead atoms. The number of aromatic nitrogens is 6. The van der Waals surface area contributed by atoms with Gasteiger partial charge in [-0.05, 0) is 62.5 Å². The summed E-state index contributed by atoms with van der Waals surface area (Å²) in [7, 11) is 2.19. The summed E-state index contributed by atoms with van der Waals surface area (Å²) in [5.41, 5.74) is 7.96. The van der Waals surface area contributed by atoms with E-state index in [-0.39, 0.29) is 0 Å². The number of aromatic amines is 3. The number of nitrogens with zero attached hydrogens (tertiary/aromatic N) is 5. The van der Waals surface area contributed by atoms with Crippen LogP contribution in [-0.2, 0) is 0 Å². The third-order valence-corrected chi connectivity index (χ3v) is 7.08. The first-order valence-corrected chi connectivity index (χ1v) is 12.0. The highest BCUT2D eigenvalue weighted by Crippen LogP contribution is 2.31. The fourth-order valence-electron chi connectivity index (χ4n) is 5.24. The van der Waals surface area contributed by atoms with E-state index >= 15 is 0 Å². The zero-order chi connectivity index (χ0) is 23.5.